The summed E-state index contributed by atoms with van der Waals surface area (Å²) in [5.41, 5.74) is 21.4. The molecule has 12 nitrogen and oxygen atoms in total. The Morgan fingerprint density at radius 2 is 0.557 bits per heavy atom. The lowest BCUT2D eigenvalue weighted by Crippen LogP contribution is -2.25. The Balaban J connectivity index is 0.989. The minimum atomic E-state index is 0.532. The zero-order valence-corrected chi connectivity index (χ0v) is 47.2. The van der Waals surface area contributed by atoms with E-state index in [1.165, 1.54) is 0 Å². The van der Waals surface area contributed by atoms with Crippen LogP contribution in [0.15, 0.2) is 304 Å². The predicted octanol–water partition coefficient (Wildman–Crippen LogP) is 19.0. The molecular weight excluding hydrogens is 1080 g/mol. The van der Waals surface area contributed by atoms with Gasteiger partial charge in [0.1, 0.15) is 0 Å². The van der Waals surface area contributed by atoms with Crippen molar-refractivity contribution < 1.29 is 0 Å². The summed E-state index contributed by atoms with van der Waals surface area (Å²) in [5.74, 6) is 1.06. The van der Waals surface area contributed by atoms with E-state index < -0.39 is 0 Å². The van der Waals surface area contributed by atoms with Gasteiger partial charge in [-0.15, -0.1) is 0 Å². The van der Waals surface area contributed by atoms with Crippen molar-refractivity contribution in [3.05, 3.63) is 304 Å². The van der Waals surface area contributed by atoms with Gasteiger partial charge in [0.15, 0.2) is 11.6 Å². The molecule has 6 aromatic heterocycles. The molecule has 0 amide bonds. The van der Waals surface area contributed by atoms with Crippen LogP contribution in [0.4, 0.5) is 68.2 Å². The van der Waals surface area contributed by atoms with Crippen LogP contribution in [0.5, 0.6) is 0 Å². The van der Waals surface area contributed by atoms with Crippen molar-refractivity contribution in [1.29, 1.82) is 0 Å². The van der Waals surface area contributed by atoms with Crippen LogP contribution in [0.3, 0.4) is 0 Å². The molecule has 8 heterocycles. The highest BCUT2D eigenvalue weighted by atomic mass is 15.3. The normalized spacial score (nSPS) is 12.2. The van der Waals surface area contributed by atoms with Crippen LogP contribution in [0.2, 0.25) is 0 Å². The molecule has 8 aromatic carbocycles. The monoisotopic (exact) mass is 1130 g/mol. The van der Waals surface area contributed by atoms with E-state index in [4.69, 9.17) is 29.9 Å². The van der Waals surface area contributed by atoms with Crippen LogP contribution in [-0.4, -0.2) is 39.9 Å². The number of para-hydroxylation sites is 10. The minimum Gasteiger partial charge on any atom is -0.306 e. The molecule has 0 spiro atoms. The van der Waals surface area contributed by atoms with Gasteiger partial charge >= 0.3 is 0 Å². The first-order valence-corrected chi connectivity index (χ1v) is 29.0. The summed E-state index contributed by atoms with van der Waals surface area (Å²) in [5, 5.41) is 0. The van der Waals surface area contributed by atoms with Crippen molar-refractivity contribution in [2.45, 2.75) is 0 Å². The Hall–Kier alpha value is -12.3. The SMILES string of the molecule is c1ccc(N2c3ccccc3N(c3cc(-c4nc(-c5cccnc5)cc(-c5ccccn5)n4)ccc3-c3ccc(-c4nc(-c5cccnc5)cc(-c5ccccn5)n4)cc3N3c4ccccc4N(c4ccccc4)c4ccccc43)c3ccccc32)cc1. The highest BCUT2D eigenvalue weighted by Gasteiger charge is 2.35. The van der Waals surface area contributed by atoms with E-state index in [0.717, 1.165) is 124 Å². The molecule has 0 bridgehead atoms. The van der Waals surface area contributed by atoms with Gasteiger partial charge in [-0.1, -0.05) is 121 Å². The fourth-order valence-corrected chi connectivity index (χ4v) is 12.1. The third-order valence-electron chi connectivity index (χ3n) is 16.0. The lowest BCUT2D eigenvalue weighted by Gasteiger charge is -2.42. The fourth-order valence-electron chi connectivity index (χ4n) is 12.1. The quantitative estimate of drug-likeness (QED) is 0.123. The second-order valence-corrected chi connectivity index (χ2v) is 21.3. The van der Waals surface area contributed by atoms with E-state index >= 15 is 0 Å². The van der Waals surface area contributed by atoms with Gasteiger partial charge in [-0.3, -0.25) is 19.9 Å². The van der Waals surface area contributed by atoms with Crippen LogP contribution in [0.25, 0.3) is 79.2 Å². The summed E-state index contributed by atoms with van der Waals surface area (Å²) < 4.78 is 0. The molecule has 0 N–H and O–H groups in total. The van der Waals surface area contributed by atoms with Gasteiger partial charge in [-0.2, -0.15) is 0 Å². The number of pyridine rings is 4. The number of aromatic nitrogens is 8. The van der Waals surface area contributed by atoms with Gasteiger partial charge in [0.05, 0.1) is 91.0 Å². The Bertz CT molecular complexity index is 4360. The average molecular weight is 1130 g/mol. The van der Waals surface area contributed by atoms with Crippen molar-refractivity contribution in [3.63, 3.8) is 0 Å². The minimum absolute atomic E-state index is 0.532. The van der Waals surface area contributed by atoms with Crippen LogP contribution < -0.4 is 19.6 Å². The van der Waals surface area contributed by atoms with E-state index in [2.05, 4.69) is 224 Å². The van der Waals surface area contributed by atoms with Crippen LogP contribution in [0.1, 0.15) is 0 Å². The van der Waals surface area contributed by atoms with Crippen molar-refractivity contribution in [2.75, 3.05) is 19.6 Å². The average Bonchev–Trinajstić information content (AvgIpc) is 0.839. The Morgan fingerprint density at radius 1 is 0.216 bits per heavy atom. The van der Waals surface area contributed by atoms with E-state index in [1.807, 2.05) is 85.2 Å². The first kappa shape index (κ1) is 51.4. The van der Waals surface area contributed by atoms with Gasteiger partial charge < -0.3 is 19.6 Å². The van der Waals surface area contributed by atoms with Crippen molar-refractivity contribution in [3.8, 4) is 79.2 Å². The van der Waals surface area contributed by atoms with E-state index in [-0.39, 0.29) is 0 Å². The first-order chi connectivity index (χ1) is 43.7. The molecule has 14 aromatic rings. The fraction of sp³-hybridized carbons (Fsp3) is 0. The number of fused-ring (bicyclic) bond motifs is 4. The van der Waals surface area contributed by atoms with E-state index in [0.29, 0.717) is 23.0 Å². The summed E-state index contributed by atoms with van der Waals surface area (Å²) >= 11 is 0. The molecule has 414 valence electrons. The number of hydrogen-bond acceptors (Lipinski definition) is 12. The lowest BCUT2D eigenvalue weighted by molar-refractivity contribution is 1.15. The second kappa shape index (κ2) is 22.0. The molecule has 2 aliphatic heterocycles. The summed E-state index contributed by atoms with van der Waals surface area (Å²) in [7, 11) is 0. The topological polar surface area (TPSA) is 116 Å². The maximum atomic E-state index is 5.36. The van der Waals surface area contributed by atoms with Crippen LogP contribution in [0, 0.1) is 0 Å². The predicted molar refractivity (Wildman–Crippen MR) is 353 cm³/mol. The van der Waals surface area contributed by atoms with Crippen LogP contribution >= 0.6 is 0 Å². The number of nitrogens with zero attached hydrogens (tertiary/aromatic N) is 12. The third-order valence-corrected chi connectivity index (χ3v) is 16.0. The maximum absolute atomic E-state index is 5.36. The van der Waals surface area contributed by atoms with Crippen LogP contribution in [-0.2, 0) is 0 Å². The molecular formula is C76H50N12. The maximum Gasteiger partial charge on any atom is 0.160 e. The molecule has 0 saturated carbocycles. The lowest BCUT2D eigenvalue weighted by atomic mass is 9.93. The summed E-state index contributed by atoms with van der Waals surface area (Å²) in [4.78, 5) is 49.5. The van der Waals surface area contributed by atoms with Gasteiger partial charge in [0.2, 0.25) is 0 Å². The van der Waals surface area contributed by atoms with Gasteiger partial charge in [-0.05, 0) is 146 Å². The highest BCUT2D eigenvalue weighted by Crippen LogP contribution is 2.59. The largest absolute Gasteiger partial charge is 0.306 e. The molecule has 0 saturated heterocycles. The standard InChI is InChI=1S/C76H50N12/c1-3-23-55(24-4-1)85-65-29-7-11-33-69(65)87(70-34-12-8-30-66(70)85)73-45-51(75-81-61(53-21-19-41-77-49-53)47-63(83-75)59-27-15-17-43-79-59)37-39-57(73)58-40-38-52(76-82-62(54-22-20-42-78-50-54)48-64(84-76)60-28-16-18-44-80-60)46-74(58)88-71-35-13-9-31-67(71)86(56-25-5-2-6-26-56)68-32-10-14-36-72(68)88/h1-50H. The zero-order chi connectivity index (χ0) is 58.3. The van der Waals surface area contributed by atoms with Gasteiger partial charge in [-0.25, -0.2) is 19.9 Å². The Kier molecular flexibility index (Phi) is 12.9. The molecule has 0 aliphatic carbocycles. The summed E-state index contributed by atoms with van der Waals surface area (Å²) in [6.07, 6.45) is 10.8. The second-order valence-electron chi connectivity index (χ2n) is 21.3. The molecule has 0 unspecified atom stereocenters. The van der Waals surface area contributed by atoms with E-state index in [9.17, 15) is 0 Å². The molecule has 2 aliphatic rings. The Morgan fingerprint density at radius 3 is 0.898 bits per heavy atom. The molecule has 0 atom stereocenters. The first-order valence-electron chi connectivity index (χ1n) is 29.0. The van der Waals surface area contributed by atoms with Crippen molar-refractivity contribution >= 4 is 68.2 Å². The molecule has 16 rings (SSSR count). The van der Waals surface area contributed by atoms with Crippen molar-refractivity contribution in [1.82, 2.24) is 39.9 Å². The van der Waals surface area contributed by atoms with Gasteiger partial charge in [0.25, 0.3) is 0 Å². The molecule has 88 heavy (non-hydrogen) atoms. The smallest absolute Gasteiger partial charge is 0.160 e. The number of rotatable bonds is 11. The zero-order valence-electron chi connectivity index (χ0n) is 47.2. The summed E-state index contributed by atoms with van der Waals surface area (Å²) in [6.45, 7) is 0. The summed E-state index contributed by atoms with van der Waals surface area (Å²) in [6, 6.07) is 92.6. The number of anilines is 12. The highest BCUT2D eigenvalue weighted by molar-refractivity contribution is 6.08. The Labute approximate surface area is 508 Å². The molecule has 0 radical (unpaired) electrons. The van der Waals surface area contributed by atoms with E-state index in [1.54, 1.807) is 24.8 Å². The molecule has 12 heteroatoms. The third kappa shape index (κ3) is 9.21. The molecule has 0 fully saturated rings. The van der Waals surface area contributed by atoms with Crippen molar-refractivity contribution in [2.24, 2.45) is 0 Å². The number of benzene rings is 8. The number of hydrogen-bond donors (Lipinski definition) is 0. The van der Waals surface area contributed by atoms with Gasteiger partial charge in [0, 0.05) is 81.9 Å².